The first-order chi connectivity index (χ1) is 9.40. The van der Waals surface area contributed by atoms with Gasteiger partial charge in [-0.25, -0.2) is 9.97 Å². The molecule has 104 valence electrons. The fourth-order valence-corrected chi connectivity index (χ4v) is 2.30. The highest BCUT2D eigenvalue weighted by Gasteiger charge is 2.15. The average Bonchev–Trinajstić information content (AvgIpc) is 2.39. The van der Waals surface area contributed by atoms with Crippen LogP contribution < -0.4 is 11.1 Å². The van der Waals surface area contributed by atoms with E-state index in [9.17, 15) is 4.79 Å². The summed E-state index contributed by atoms with van der Waals surface area (Å²) in [6.07, 6.45) is 1.21. The Bertz CT molecular complexity index is 693. The fraction of sp³-hybridized carbons (Fsp3) is 0.0833. The van der Waals surface area contributed by atoms with Crippen LogP contribution in [0, 0.1) is 6.92 Å². The molecule has 1 aromatic heterocycles. The normalized spacial score (nSPS) is 10.4. The first-order valence-corrected chi connectivity index (χ1v) is 6.98. The maximum atomic E-state index is 12.3. The van der Waals surface area contributed by atoms with Gasteiger partial charge in [-0.05, 0) is 24.6 Å². The fourth-order valence-electron chi connectivity index (χ4n) is 1.55. The molecule has 0 atom stereocenters. The summed E-state index contributed by atoms with van der Waals surface area (Å²) >= 11 is 15.0. The average molecular weight is 376 g/mol. The molecule has 3 N–H and O–H groups in total. The minimum Gasteiger partial charge on any atom is -0.398 e. The molecule has 1 amide bonds. The van der Waals surface area contributed by atoms with Gasteiger partial charge in [-0.1, -0.05) is 39.1 Å². The smallest absolute Gasteiger partial charge is 0.257 e. The van der Waals surface area contributed by atoms with Crippen molar-refractivity contribution < 1.29 is 4.79 Å². The van der Waals surface area contributed by atoms with Crippen LogP contribution in [-0.4, -0.2) is 15.9 Å². The number of halogens is 3. The van der Waals surface area contributed by atoms with Crippen LogP contribution >= 0.6 is 39.1 Å². The summed E-state index contributed by atoms with van der Waals surface area (Å²) in [6, 6.07) is 3.39. The lowest BCUT2D eigenvalue weighted by Gasteiger charge is -2.10. The molecule has 0 fully saturated rings. The largest absolute Gasteiger partial charge is 0.398 e. The molecule has 5 nitrogen and oxygen atoms in total. The van der Waals surface area contributed by atoms with Crippen molar-refractivity contribution in [3.05, 3.63) is 44.2 Å². The van der Waals surface area contributed by atoms with Crippen LogP contribution in [0.1, 0.15) is 15.9 Å². The molecule has 1 heterocycles. The second-order valence-electron chi connectivity index (χ2n) is 3.95. The van der Waals surface area contributed by atoms with Gasteiger partial charge in [0.1, 0.15) is 11.3 Å². The van der Waals surface area contributed by atoms with Gasteiger partial charge >= 0.3 is 0 Å². The van der Waals surface area contributed by atoms with Crippen molar-refractivity contribution in [1.82, 2.24) is 9.97 Å². The molecule has 0 saturated heterocycles. The van der Waals surface area contributed by atoms with Crippen molar-refractivity contribution >= 4 is 56.5 Å². The molecular formula is C12H9BrCl2N4O. The minimum absolute atomic E-state index is 0.0717. The lowest BCUT2D eigenvalue weighted by molar-refractivity contribution is 0.102. The van der Waals surface area contributed by atoms with E-state index in [1.807, 2.05) is 0 Å². The third-order valence-electron chi connectivity index (χ3n) is 2.64. The molecule has 2 rings (SSSR count). The Hall–Kier alpha value is -1.37. The Labute approximate surface area is 133 Å². The predicted molar refractivity (Wildman–Crippen MR) is 83.3 cm³/mol. The van der Waals surface area contributed by atoms with Gasteiger partial charge in [-0.15, -0.1) is 0 Å². The SMILES string of the molecule is Cc1c(N)cc(Br)cc1C(=O)Nc1ncnc(Cl)c1Cl. The molecule has 2 aromatic rings. The number of anilines is 2. The first kappa shape index (κ1) is 15.0. The van der Waals surface area contributed by atoms with Gasteiger partial charge in [-0.3, -0.25) is 4.79 Å². The molecule has 20 heavy (non-hydrogen) atoms. The zero-order chi connectivity index (χ0) is 14.9. The van der Waals surface area contributed by atoms with E-state index in [4.69, 9.17) is 28.9 Å². The Morgan fingerprint density at radius 1 is 1.35 bits per heavy atom. The topological polar surface area (TPSA) is 80.9 Å². The maximum Gasteiger partial charge on any atom is 0.257 e. The van der Waals surface area contributed by atoms with Crippen molar-refractivity contribution in [2.45, 2.75) is 6.92 Å². The second kappa shape index (κ2) is 5.95. The second-order valence-corrected chi connectivity index (χ2v) is 5.60. The van der Waals surface area contributed by atoms with Gasteiger partial charge < -0.3 is 11.1 Å². The summed E-state index contributed by atoms with van der Waals surface area (Å²) in [5.41, 5.74) is 7.42. The number of carbonyl (C=O) groups is 1. The van der Waals surface area contributed by atoms with E-state index in [0.29, 0.717) is 21.3 Å². The quantitative estimate of drug-likeness (QED) is 0.619. The molecule has 0 unspecified atom stereocenters. The Morgan fingerprint density at radius 3 is 2.75 bits per heavy atom. The number of nitrogens with one attached hydrogen (secondary N) is 1. The first-order valence-electron chi connectivity index (χ1n) is 5.43. The third kappa shape index (κ3) is 3.03. The molecule has 0 radical (unpaired) electrons. The highest BCUT2D eigenvalue weighted by Crippen LogP contribution is 2.27. The van der Waals surface area contributed by atoms with Crippen molar-refractivity contribution in [1.29, 1.82) is 0 Å². The molecule has 0 bridgehead atoms. The van der Waals surface area contributed by atoms with Crippen LogP contribution in [0.4, 0.5) is 11.5 Å². The summed E-state index contributed by atoms with van der Waals surface area (Å²) in [5.74, 6) is -0.234. The number of carbonyl (C=O) groups excluding carboxylic acids is 1. The lowest BCUT2D eigenvalue weighted by Crippen LogP contribution is -2.15. The minimum atomic E-state index is -0.382. The summed E-state index contributed by atoms with van der Waals surface area (Å²) in [5, 5.41) is 2.74. The number of nitrogens with two attached hydrogens (primary N) is 1. The molecule has 0 spiro atoms. The Balaban J connectivity index is 2.36. The van der Waals surface area contributed by atoms with E-state index in [1.165, 1.54) is 6.33 Å². The molecule has 0 aliphatic heterocycles. The summed E-state index contributed by atoms with van der Waals surface area (Å²) < 4.78 is 0.706. The van der Waals surface area contributed by atoms with Gasteiger partial charge in [0.05, 0.1) is 0 Å². The Morgan fingerprint density at radius 2 is 2.05 bits per heavy atom. The predicted octanol–water partition coefficient (Wildman–Crippen LogP) is 3.69. The van der Waals surface area contributed by atoms with Crippen LogP contribution in [0.2, 0.25) is 10.2 Å². The van der Waals surface area contributed by atoms with Gasteiger partial charge in [-0.2, -0.15) is 0 Å². The zero-order valence-electron chi connectivity index (χ0n) is 10.2. The van der Waals surface area contributed by atoms with E-state index < -0.39 is 0 Å². The van der Waals surface area contributed by atoms with Gasteiger partial charge in [0, 0.05) is 15.7 Å². The third-order valence-corrected chi connectivity index (χ3v) is 3.84. The summed E-state index contributed by atoms with van der Waals surface area (Å²) in [7, 11) is 0. The summed E-state index contributed by atoms with van der Waals surface area (Å²) in [6.45, 7) is 1.76. The molecule has 1 aromatic carbocycles. The van der Waals surface area contributed by atoms with E-state index in [-0.39, 0.29) is 21.9 Å². The number of hydrogen-bond donors (Lipinski definition) is 2. The highest BCUT2D eigenvalue weighted by molar-refractivity contribution is 9.10. The van der Waals surface area contributed by atoms with Crippen LogP contribution in [0.3, 0.4) is 0 Å². The van der Waals surface area contributed by atoms with Crippen molar-refractivity contribution in [3.8, 4) is 0 Å². The van der Waals surface area contributed by atoms with E-state index in [0.717, 1.165) is 0 Å². The zero-order valence-corrected chi connectivity index (χ0v) is 13.3. The van der Waals surface area contributed by atoms with Crippen molar-refractivity contribution in [2.24, 2.45) is 0 Å². The molecule has 8 heteroatoms. The molecule has 0 aliphatic rings. The number of nitrogen functional groups attached to an aromatic ring is 1. The van der Waals surface area contributed by atoms with E-state index >= 15 is 0 Å². The number of aromatic nitrogens is 2. The number of nitrogens with zero attached hydrogens (tertiary/aromatic N) is 2. The van der Waals surface area contributed by atoms with Crippen molar-refractivity contribution in [3.63, 3.8) is 0 Å². The Kier molecular flexibility index (Phi) is 4.47. The van der Waals surface area contributed by atoms with Gasteiger partial charge in [0.15, 0.2) is 11.0 Å². The van der Waals surface area contributed by atoms with E-state index in [1.54, 1.807) is 19.1 Å². The van der Waals surface area contributed by atoms with Gasteiger partial charge in [0.25, 0.3) is 5.91 Å². The number of rotatable bonds is 2. The monoisotopic (exact) mass is 374 g/mol. The van der Waals surface area contributed by atoms with Crippen LogP contribution in [0.25, 0.3) is 0 Å². The lowest BCUT2D eigenvalue weighted by atomic mass is 10.1. The molecule has 0 saturated carbocycles. The van der Waals surface area contributed by atoms with E-state index in [2.05, 4.69) is 31.2 Å². The number of hydrogen-bond acceptors (Lipinski definition) is 4. The van der Waals surface area contributed by atoms with Crippen LogP contribution in [-0.2, 0) is 0 Å². The highest BCUT2D eigenvalue weighted by atomic mass is 79.9. The summed E-state index contributed by atoms with van der Waals surface area (Å²) in [4.78, 5) is 19.8. The van der Waals surface area contributed by atoms with Crippen LogP contribution in [0.15, 0.2) is 22.9 Å². The maximum absolute atomic E-state index is 12.3. The molecule has 0 aliphatic carbocycles. The van der Waals surface area contributed by atoms with Crippen LogP contribution in [0.5, 0.6) is 0 Å². The van der Waals surface area contributed by atoms with Gasteiger partial charge in [0.2, 0.25) is 0 Å². The van der Waals surface area contributed by atoms with Crippen molar-refractivity contribution in [2.75, 3.05) is 11.1 Å². The molecular weight excluding hydrogens is 367 g/mol. The number of benzene rings is 1. The number of amides is 1. The standard InChI is InChI=1S/C12H9BrCl2N4O/c1-5-7(2-6(13)3-8(5)16)12(20)19-11-9(14)10(15)17-4-18-11/h2-4H,16H2,1H3,(H,17,18,19,20).